The van der Waals surface area contributed by atoms with E-state index in [1.54, 1.807) is 0 Å². The molecule has 29 heavy (non-hydrogen) atoms. The standard InChI is InChI=1S/C22H37ClN6/c1-4-24-22(25-16-18-8-7-11-28(18)5-2)26-17-19-20(23)9-6-10-21(19)29-14-12-27(3)13-15-29/h6,9-10,18H,4-5,7-8,11-17H2,1-3H3,(H2,24,25,26). The lowest BCUT2D eigenvalue weighted by atomic mass is 10.1. The van der Waals surface area contributed by atoms with Crippen molar-refractivity contribution in [1.29, 1.82) is 0 Å². The molecule has 0 amide bonds. The summed E-state index contributed by atoms with van der Waals surface area (Å²) in [5, 5.41) is 7.75. The normalized spacial score (nSPS) is 21.6. The number of piperazine rings is 1. The van der Waals surface area contributed by atoms with Gasteiger partial charge in [-0.2, -0.15) is 0 Å². The van der Waals surface area contributed by atoms with Gasteiger partial charge in [0.1, 0.15) is 0 Å². The van der Waals surface area contributed by atoms with Crippen molar-refractivity contribution in [1.82, 2.24) is 20.4 Å². The first kappa shape index (κ1) is 22.2. The number of halogens is 1. The molecular formula is C22H37ClN6. The molecule has 0 spiro atoms. The SMILES string of the molecule is CCNC(=NCc1c(Cl)cccc1N1CCN(C)CC1)NCC1CCCN1CC. The fourth-order valence-corrected chi connectivity index (χ4v) is 4.53. The number of hydrogen-bond acceptors (Lipinski definition) is 4. The van der Waals surface area contributed by atoms with Crippen LogP contribution < -0.4 is 15.5 Å². The molecule has 0 aromatic heterocycles. The summed E-state index contributed by atoms with van der Waals surface area (Å²) in [6.45, 7) is 13.3. The molecule has 2 fully saturated rings. The number of likely N-dealkylation sites (tertiary alicyclic amines) is 1. The monoisotopic (exact) mass is 420 g/mol. The van der Waals surface area contributed by atoms with E-state index in [1.807, 2.05) is 12.1 Å². The Bertz CT molecular complexity index is 671. The van der Waals surface area contributed by atoms with E-state index in [-0.39, 0.29) is 0 Å². The third kappa shape index (κ3) is 6.00. The Kier molecular flexibility index (Phi) is 8.45. The van der Waals surface area contributed by atoms with E-state index in [0.717, 1.165) is 62.4 Å². The van der Waals surface area contributed by atoms with E-state index in [2.05, 4.69) is 52.3 Å². The minimum Gasteiger partial charge on any atom is -0.369 e. The first-order chi connectivity index (χ1) is 14.1. The Balaban J connectivity index is 1.68. The van der Waals surface area contributed by atoms with Gasteiger partial charge in [-0.05, 0) is 52.0 Å². The topological polar surface area (TPSA) is 46.1 Å². The molecule has 2 aliphatic heterocycles. The highest BCUT2D eigenvalue weighted by Gasteiger charge is 2.23. The van der Waals surface area contributed by atoms with Crippen LogP contribution >= 0.6 is 11.6 Å². The number of likely N-dealkylation sites (N-methyl/N-ethyl adjacent to an activating group) is 2. The molecule has 1 atom stereocenters. The zero-order valence-electron chi connectivity index (χ0n) is 18.3. The number of nitrogens with zero attached hydrogens (tertiary/aromatic N) is 4. The highest BCUT2D eigenvalue weighted by atomic mass is 35.5. The van der Waals surface area contributed by atoms with E-state index in [9.17, 15) is 0 Å². The minimum absolute atomic E-state index is 0.582. The van der Waals surface area contributed by atoms with Gasteiger partial charge in [-0.25, -0.2) is 4.99 Å². The predicted octanol–water partition coefficient (Wildman–Crippen LogP) is 2.63. The highest BCUT2D eigenvalue weighted by molar-refractivity contribution is 6.31. The van der Waals surface area contributed by atoms with Crippen LogP contribution in [0.15, 0.2) is 23.2 Å². The van der Waals surface area contributed by atoms with E-state index in [0.29, 0.717) is 12.6 Å². The van der Waals surface area contributed by atoms with E-state index >= 15 is 0 Å². The molecule has 0 saturated carbocycles. The van der Waals surface area contributed by atoms with Gasteiger partial charge in [-0.15, -0.1) is 0 Å². The van der Waals surface area contributed by atoms with Gasteiger partial charge in [0.2, 0.25) is 0 Å². The van der Waals surface area contributed by atoms with Crippen LogP contribution in [0, 0.1) is 0 Å². The Morgan fingerprint density at radius 3 is 2.66 bits per heavy atom. The summed E-state index contributed by atoms with van der Waals surface area (Å²) in [5.41, 5.74) is 2.34. The molecule has 0 aliphatic carbocycles. The molecular weight excluding hydrogens is 384 g/mol. The zero-order chi connectivity index (χ0) is 20.6. The summed E-state index contributed by atoms with van der Waals surface area (Å²) in [5.74, 6) is 0.875. The molecule has 2 heterocycles. The van der Waals surface area contributed by atoms with Crippen molar-refractivity contribution in [2.24, 2.45) is 4.99 Å². The zero-order valence-corrected chi connectivity index (χ0v) is 19.0. The minimum atomic E-state index is 0.582. The largest absolute Gasteiger partial charge is 0.369 e. The molecule has 0 radical (unpaired) electrons. The second-order valence-corrected chi connectivity index (χ2v) is 8.44. The number of guanidine groups is 1. The number of anilines is 1. The second-order valence-electron chi connectivity index (χ2n) is 8.03. The average molecular weight is 421 g/mol. The Labute approximate surface area is 181 Å². The molecule has 7 heteroatoms. The molecule has 2 saturated heterocycles. The van der Waals surface area contributed by atoms with Crippen molar-refractivity contribution in [3.8, 4) is 0 Å². The fourth-order valence-electron chi connectivity index (χ4n) is 4.30. The Morgan fingerprint density at radius 2 is 1.93 bits per heavy atom. The first-order valence-electron chi connectivity index (χ1n) is 11.1. The van der Waals surface area contributed by atoms with Crippen LogP contribution in [0.2, 0.25) is 5.02 Å². The summed E-state index contributed by atoms with van der Waals surface area (Å²) in [6.07, 6.45) is 2.56. The van der Waals surface area contributed by atoms with Gasteiger partial charge in [0, 0.05) is 61.6 Å². The molecule has 6 nitrogen and oxygen atoms in total. The quantitative estimate of drug-likeness (QED) is 0.524. The average Bonchev–Trinajstić information content (AvgIpc) is 3.19. The van der Waals surface area contributed by atoms with Crippen molar-refractivity contribution in [2.75, 3.05) is 64.3 Å². The summed E-state index contributed by atoms with van der Waals surface area (Å²) >= 11 is 6.60. The summed E-state index contributed by atoms with van der Waals surface area (Å²) in [4.78, 5) is 12.2. The van der Waals surface area contributed by atoms with Crippen molar-refractivity contribution >= 4 is 23.2 Å². The van der Waals surface area contributed by atoms with Gasteiger partial charge in [-0.1, -0.05) is 24.6 Å². The highest BCUT2D eigenvalue weighted by Crippen LogP contribution is 2.29. The molecule has 162 valence electrons. The predicted molar refractivity (Wildman–Crippen MR) is 124 cm³/mol. The van der Waals surface area contributed by atoms with Crippen molar-refractivity contribution < 1.29 is 0 Å². The maximum absolute atomic E-state index is 6.60. The summed E-state index contributed by atoms with van der Waals surface area (Å²) < 4.78 is 0. The molecule has 2 aliphatic rings. The molecule has 1 aromatic rings. The van der Waals surface area contributed by atoms with E-state index in [4.69, 9.17) is 16.6 Å². The van der Waals surface area contributed by atoms with Crippen molar-refractivity contribution in [3.05, 3.63) is 28.8 Å². The van der Waals surface area contributed by atoms with Gasteiger partial charge < -0.3 is 20.4 Å². The van der Waals surface area contributed by atoms with E-state index in [1.165, 1.54) is 25.1 Å². The van der Waals surface area contributed by atoms with Gasteiger partial charge in [-0.3, -0.25) is 4.90 Å². The second kappa shape index (κ2) is 11.0. The van der Waals surface area contributed by atoms with Crippen LogP contribution in [0.1, 0.15) is 32.3 Å². The lowest BCUT2D eigenvalue weighted by Gasteiger charge is -2.35. The number of rotatable bonds is 7. The summed E-state index contributed by atoms with van der Waals surface area (Å²) in [7, 11) is 2.18. The van der Waals surface area contributed by atoms with Crippen LogP contribution in [0.3, 0.4) is 0 Å². The maximum atomic E-state index is 6.60. The Morgan fingerprint density at radius 1 is 1.14 bits per heavy atom. The molecule has 0 bridgehead atoms. The van der Waals surface area contributed by atoms with Gasteiger partial charge in [0.15, 0.2) is 5.96 Å². The Hall–Kier alpha value is -1.50. The lowest BCUT2D eigenvalue weighted by Crippen LogP contribution is -2.45. The van der Waals surface area contributed by atoms with E-state index < -0.39 is 0 Å². The van der Waals surface area contributed by atoms with Gasteiger partial charge in [0.25, 0.3) is 0 Å². The summed E-state index contributed by atoms with van der Waals surface area (Å²) in [6, 6.07) is 6.81. The number of benzene rings is 1. The van der Waals surface area contributed by atoms with Crippen LogP contribution in [0.25, 0.3) is 0 Å². The maximum Gasteiger partial charge on any atom is 0.191 e. The number of aliphatic imine (C=N–C) groups is 1. The van der Waals surface area contributed by atoms with Crippen molar-refractivity contribution in [2.45, 2.75) is 39.3 Å². The van der Waals surface area contributed by atoms with Gasteiger partial charge in [0.05, 0.1) is 6.54 Å². The van der Waals surface area contributed by atoms with Crippen molar-refractivity contribution in [3.63, 3.8) is 0 Å². The number of nitrogens with one attached hydrogen (secondary N) is 2. The van der Waals surface area contributed by atoms with Crippen LogP contribution in [0.5, 0.6) is 0 Å². The van der Waals surface area contributed by atoms with Crippen LogP contribution in [0.4, 0.5) is 5.69 Å². The molecule has 2 N–H and O–H groups in total. The molecule has 1 aromatic carbocycles. The third-order valence-corrected chi connectivity index (χ3v) is 6.44. The lowest BCUT2D eigenvalue weighted by molar-refractivity contribution is 0.267. The first-order valence-corrected chi connectivity index (χ1v) is 11.5. The smallest absolute Gasteiger partial charge is 0.191 e. The number of hydrogen-bond donors (Lipinski definition) is 2. The molecule has 3 rings (SSSR count). The van der Waals surface area contributed by atoms with Crippen LogP contribution in [-0.2, 0) is 6.54 Å². The fraction of sp³-hybridized carbons (Fsp3) is 0.682. The molecule has 1 unspecified atom stereocenters. The van der Waals surface area contributed by atoms with Crippen LogP contribution in [-0.4, -0.2) is 81.2 Å². The third-order valence-electron chi connectivity index (χ3n) is 6.09. The van der Waals surface area contributed by atoms with Gasteiger partial charge >= 0.3 is 0 Å².